The number of benzene rings is 2. The van der Waals surface area contributed by atoms with E-state index in [-0.39, 0.29) is 18.3 Å². The number of hydrogen-bond acceptors (Lipinski definition) is 5. The number of methoxy groups -OCH3 is 1. The predicted octanol–water partition coefficient (Wildman–Crippen LogP) is 3.95. The molecule has 0 aliphatic heterocycles. The number of halogens is 1. The second kappa shape index (κ2) is 9.32. The van der Waals surface area contributed by atoms with Crippen molar-refractivity contribution in [3.63, 3.8) is 0 Å². The van der Waals surface area contributed by atoms with Crippen LogP contribution in [0, 0.1) is 6.92 Å². The van der Waals surface area contributed by atoms with Gasteiger partial charge in [-0.1, -0.05) is 11.6 Å². The number of nitrogens with zero attached hydrogens (tertiary/aromatic N) is 2. The highest BCUT2D eigenvalue weighted by Gasteiger charge is 2.22. The number of aromatic nitrogens is 1. The average Bonchev–Trinajstić information content (AvgIpc) is 2.98. The lowest BCUT2D eigenvalue weighted by atomic mass is 10.1. The maximum atomic E-state index is 13.3. The first-order chi connectivity index (χ1) is 14.3. The highest BCUT2D eigenvalue weighted by molar-refractivity contribution is 6.30. The number of carbonyl (C=O) groups excluding carboxylic acids is 2. The smallest absolute Gasteiger partial charge is 0.310 e. The van der Waals surface area contributed by atoms with Crippen molar-refractivity contribution in [2.75, 3.05) is 34.4 Å². The number of carbonyl (C=O) groups is 2. The van der Waals surface area contributed by atoms with Crippen molar-refractivity contribution in [3.8, 4) is 5.75 Å². The van der Waals surface area contributed by atoms with E-state index in [1.807, 2.05) is 38.1 Å². The summed E-state index contributed by atoms with van der Waals surface area (Å²) < 4.78 is 12.3. The normalized spacial score (nSPS) is 11.1. The van der Waals surface area contributed by atoms with Crippen molar-refractivity contribution in [1.82, 2.24) is 9.47 Å². The predicted molar refractivity (Wildman–Crippen MR) is 118 cm³/mol. The molecule has 0 bridgehead atoms. The Bertz CT molecular complexity index is 1070. The summed E-state index contributed by atoms with van der Waals surface area (Å²) in [5, 5.41) is 1.35. The Balaban J connectivity index is 2.01. The molecule has 0 unspecified atom stereocenters. The summed E-state index contributed by atoms with van der Waals surface area (Å²) in [6.07, 6.45) is 0.0732. The van der Waals surface area contributed by atoms with E-state index >= 15 is 0 Å². The number of esters is 1. The van der Waals surface area contributed by atoms with Crippen LogP contribution in [0.1, 0.15) is 21.6 Å². The van der Waals surface area contributed by atoms with Crippen molar-refractivity contribution in [2.24, 2.45) is 0 Å². The number of rotatable bonds is 7. The van der Waals surface area contributed by atoms with Gasteiger partial charge in [-0.15, -0.1) is 0 Å². The highest BCUT2D eigenvalue weighted by atomic mass is 35.5. The van der Waals surface area contributed by atoms with E-state index in [0.717, 1.165) is 10.9 Å². The van der Waals surface area contributed by atoms with E-state index in [0.29, 0.717) is 40.7 Å². The number of likely N-dealkylation sites (N-methyl/N-ethyl adjacent to an activating group) is 1. The molecule has 0 aliphatic rings. The van der Waals surface area contributed by atoms with Gasteiger partial charge in [-0.05, 0) is 69.0 Å². The third-order valence-electron chi connectivity index (χ3n) is 4.96. The van der Waals surface area contributed by atoms with Crippen LogP contribution in [0.5, 0.6) is 5.75 Å². The monoisotopic (exact) mass is 428 g/mol. The largest absolute Gasteiger partial charge is 0.497 e. The third kappa shape index (κ3) is 4.66. The van der Waals surface area contributed by atoms with Gasteiger partial charge in [0.15, 0.2) is 0 Å². The second-order valence-corrected chi connectivity index (χ2v) is 7.73. The summed E-state index contributed by atoms with van der Waals surface area (Å²) in [6.45, 7) is 2.80. The van der Waals surface area contributed by atoms with E-state index in [4.69, 9.17) is 21.1 Å². The molecule has 0 fully saturated rings. The molecular weight excluding hydrogens is 404 g/mol. The number of ether oxygens (including phenoxy) is 2. The van der Waals surface area contributed by atoms with Crippen molar-refractivity contribution < 1.29 is 19.1 Å². The summed E-state index contributed by atoms with van der Waals surface area (Å²) in [5.74, 6) is 0.133. The van der Waals surface area contributed by atoms with Crippen molar-refractivity contribution in [2.45, 2.75) is 13.3 Å². The lowest BCUT2D eigenvalue weighted by Gasteiger charge is -2.10. The summed E-state index contributed by atoms with van der Waals surface area (Å²) in [7, 11) is 5.42. The second-order valence-electron chi connectivity index (χ2n) is 7.30. The molecule has 7 heteroatoms. The zero-order valence-electron chi connectivity index (χ0n) is 17.6. The SMILES string of the molecule is COc1ccc2c(c1)c(CC(=O)OCCN(C)C)c(C)n2C(=O)c1ccc(Cl)cc1. The fourth-order valence-corrected chi connectivity index (χ4v) is 3.46. The minimum atomic E-state index is -0.333. The molecule has 3 aromatic rings. The van der Waals surface area contributed by atoms with Crippen LogP contribution in [0.3, 0.4) is 0 Å². The van der Waals surface area contributed by atoms with Crippen LogP contribution >= 0.6 is 11.6 Å². The van der Waals surface area contributed by atoms with Gasteiger partial charge in [0.2, 0.25) is 0 Å². The Morgan fingerprint density at radius 3 is 2.43 bits per heavy atom. The van der Waals surface area contributed by atoms with Crippen LogP contribution in [-0.2, 0) is 16.0 Å². The Morgan fingerprint density at radius 2 is 1.80 bits per heavy atom. The van der Waals surface area contributed by atoms with E-state index < -0.39 is 0 Å². The van der Waals surface area contributed by atoms with Crippen LogP contribution in [0.25, 0.3) is 10.9 Å². The first-order valence-electron chi connectivity index (χ1n) is 9.60. The summed E-state index contributed by atoms with van der Waals surface area (Å²) >= 11 is 5.96. The molecule has 0 radical (unpaired) electrons. The molecule has 0 saturated heterocycles. The molecule has 0 N–H and O–H groups in total. The topological polar surface area (TPSA) is 60.8 Å². The molecule has 0 saturated carbocycles. The van der Waals surface area contributed by atoms with Crippen LogP contribution in [-0.4, -0.2) is 55.7 Å². The maximum absolute atomic E-state index is 13.3. The molecule has 0 aliphatic carbocycles. The van der Waals surface area contributed by atoms with E-state index in [9.17, 15) is 9.59 Å². The Labute approximate surface area is 180 Å². The summed E-state index contributed by atoms with van der Waals surface area (Å²) in [6, 6.07) is 12.2. The molecule has 0 atom stereocenters. The molecular formula is C23H25ClN2O4. The molecule has 1 heterocycles. The van der Waals surface area contributed by atoms with E-state index in [1.54, 1.807) is 42.0 Å². The van der Waals surface area contributed by atoms with Crippen LogP contribution in [0.2, 0.25) is 5.02 Å². The molecule has 6 nitrogen and oxygen atoms in total. The van der Waals surface area contributed by atoms with Gasteiger partial charge in [0.1, 0.15) is 12.4 Å². The zero-order chi connectivity index (χ0) is 21.8. The number of hydrogen-bond donors (Lipinski definition) is 0. The third-order valence-corrected chi connectivity index (χ3v) is 5.21. The lowest BCUT2D eigenvalue weighted by Crippen LogP contribution is -2.21. The lowest BCUT2D eigenvalue weighted by molar-refractivity contribution is -0.143. The maximum Gasteiger partial charge on any atom is 0.310 e. The van der Waals surface area contributed by atoms with Gasteiger partial charge >= 0.3 is 5.97 Å². The van der Waals surface area contributed by atoms with E-state index in [1.165, 1.54) is 0 Å². The zero-order valence-corrected chi connectivity index (χ0v) is 18.3. The first-order valence-corrected chi connectivity index (χ1v) is 9.98. The quantitative estimate of drug-likeness (QED) is 0.533. The molecule has 0 spiro atoms. The first kappa shape index (κ1) is 21.9. The van der Waals surface area contributed by atoms with Gasteiger partial charge in [-0.3, -0.25) is 14.2 Å². The molecule has 2 aromatic carbocycles. The summed E-state index contributed by atoms with van der Waals surface area (Å²) in [4.78, 5) is 27.7. The van der Waals surface area contributed by atoms with Crippen LogP contribution in [0.15, 0.2) is 42.5 Å². The minimum Gasteiger partial charge on any atom is -0.497 e. The summed E-state index contributed by atoms with van der Waals surface area (Å²) in [5.41, 5.74) is 2.67. The Hall–Kier alpha value is -2.83. The fourth-order valence-electron chi connectivity index (χ4n) is 3.33. The van der Waals surface area contributed by atoms with Crippen LogP contribution < -0.4 is 4.74 Å². The molecule has 1 aromatic heterocycles. The van der Waals surface area contributed by atoms with Crippen molar-refractivity contribution in [1.29, 1.82) is 0 Å². The van der Waals surface area contributed by atoms with Gasteiger partial charge in [-0.25, -0.2) is 0 Å². The van der Waals surface area contributed by atoms with E-state index in [2.05, 4.69) is 0 Å². The Kier molecular flexibility index (Phi) is 6.80. The minimum absolute atomic E-state index is 0.0732. The Morgan fingerprint density at radius 1 is 1.10 bits per heavy atom. The fraction of sp³-hybridized carbons (Fsp3) is 0.304. The molecule has 0 amide bonds. The van der Waals surface area contributed by atoms with Gasteiger partial charge in [0, 0.05) is 28.2 Å². The number of fused-ring (bicyclic) bond motifs is 1. The van der Waals surface area contributed by atoms with Crippen molar-refractivity contribution in [3.05, 3.63) is 64.3 Å². The highest BCUT2D eigenvalue weighted by Crippen LogP contribution is 2.31. The van der Waals surface area contributed by atoms with Gasteiger partial charge < -0.3 is 14.4 Å². The van der Waals surface area contributed by atoms with Crippen LogP contribution in [0.4, 0.5) is 0 Å². The standard InChI is InChI=1S/C23H25ClN2O4/c1-15-19(14-22(27)30-12-11-25(2)3)20-13-18(29-4)9-10-21(20)26(15)23(28)16-5-7-17(24)8-6-16/h5-10,13H,11-12,14H2,1-4H3. The molecule has 3 rings (SSSR count). The van der Waals surface area contributed by atoms with Crippen molar-refractivity contribution >= 4 is 34.4 Å². The average molecular weight is 429 g/mol. The van der Waals surface area contributed by atoms with Gasteiger partial charge in [-0.2, -0.15) is 0 Å². The van der Waals surface area contributed by atoms with Gasteiger partial charge in [0.05, 0.1) is 19.0 Å². The molecule has 158 valence electrons. The molecule has 30 heavy (non-hydrogen) atoms. The van der Waals surface area contributed by atoms with Gasteiger partial charge in [0.25, 0.3) is 5.91 Å².